The zero-order chi connectivity index (χ0) is 10.1. The molecule has 0 N–H and O–H groups in total. The Morgan fingerprint density at radius 3 is 2.64 bits per heavy atom. The van der Waals surface area contributed by atoms with Gasteiger partial charge in [-0.2, -0.15) is 5.26 Å². The quantitative estimate of drug-likeness (QED) is 0.618. The largest absolute Gasteiger partial charge is 0.207 e. The number of nitriles is 1. The highest BCUT2D eigenvalue weighted by molar-refractivity contribution is 5.84. The second-order valence-corrected chi connectivity index (χ2v) is 3.27. The van der Waals surface area contributed by atoms with Crippen LogP contribution in [0, 0.1) is 24.1 Å². The number of benzene rings is 2. The van der Waals surface area contributed by atoms with Crippen LogP contribution in [0.2, 0.25) is 0 Å². The van der Waals surface area contributed by atoms with Crippen LogP contribution in [0.4, 0.5) is 4.39 Å². The molecule has 0 saturated heterocycles. The van der Waals surface area contributed by atoms with Gasteiger partial charge in [0.25, 0.3) is 0 Å². The summed E-state index contributed by atoms with van der Waals surface area (Å²) in [6.45, 7) is 1.88. The Morgan fingerprint density at radius 2 is 1.93 bits per heavy atom. The van der Waals surface area contributed by atoms with Gasteiger partial charge in [0, 0.05) is 0 Å². The van der Waals surface area contributed by atoms with E-state index in [1.165, 1.54) is 12.1 Å². The van der Waals surface area contributed by atoms with E-state index in [4.69, 9.17) is 5.26 Å². The standard InChI is InChI=1S/C12H8FN/c1-8-4-9-2-3-12(13)6-10(9)5-11(8)7-14/h2-6H,1H3. The summed E-state index contributed by atoms with van der Waals surface area (Å²) in [6, 6.07) is 10.3. The molecule has 68 valence electrons. The summed E-state index contributed by atoms with van der Waals surface area (Å²) in [4.78, 5) is 0. The van der Waals surface area contributed by atoms with Crippen molar-refractivity contribution >= 4 is 10.8 Å². The van der Waals surface area contributed by atoms with Crippen molar-refractivity contribution in [3.63, 3.8) is 0 Å². The van der Waals surface area contributed by atoms with Crippen LogP contribution in [0.5, 0.6) is 0 Å². The van der Waals surface area contributed by atoms with Crippen molar-refractivity contribution in [3.8, 4) is 6.07 Å². The maximum absolute atomic E-state index is 12.9. The molecule has 0 heterocycles. The van der Waals surface area contributed by atoms with Gasteiger partial charge in [-0.25, -0.2) is 4.39 Å². The first-order valence-electron chi connectivity index (χ1n) is 4.31. The second kappa shape index (κ2) is 3.12. The van der Waals surface area contributed by atoms with Crippen molar-refractivity contribution in [3.05, 3.63) is 47.3 Å². The molecule has 0 fully saturated rings. The van der Waals surface area contributed by atoms with Gasteiger partial charge in [0.15, 0.2) is 0 Å². The number of aryl methyl sites for hydroxylation is 1. The van der Waals surface area contributed by atoms with E-state index >= 15 is 0 Å². The summed E-state index contributed by atoms with van der Waals surface area (Å²) in [5.74, 6) is -0.273. The van der Waals surface area contributed by atoms with Crippen LogP contribution in [0.25, 0.3) is 10.8 Å². The van der Waals surface area contributed by atoms with E-state index in [1.807, 2.05) is 13.0 Å². The fourth-order valence-electron chi connectivity index (χ4n) is 1.50. The number of rotatable bonds is 0. The number of hydrogen-bond acceptors (Lipinski definition) is 1. The van der Waals surface area contributed by atoms with Gasteiger partial charge in [-0.15, -0.1) is 0 Å². The first kappa shape index (κ1) is 8.71. The molecule has 0 saturated carbocycles. The molecule has 2 aromatic carbocycles. The van der Waals surface area contributed by atoms with Crippen LogP contribution in [0.3, 0.4) is 0 Å². The molecule has 0 atom stereocenters. The maximum Gasteiger partial charge on any atom is 0.123 e. The van der Waals surface area contributed by atoms with Crippen LogP contribution in [-0.2, 0) is 0 Å². The first-order chi connectivity index (χ1) is 6.70. The van der Waals surface area contributed by atoms with Gasteiger partial charge < -0.3 is 0 Å². The minimum absolute atomic E-state index is 0.273. The topological polar surface area (TPSA) is 23.8 Å². The third kappa shape index (κ3) is 1.33. The molecule has 14 heavy (non-hydrogen) atoms. The molecule has 0 bridgehead atoms. The van der Waals surface area contributed by atoms with Gasteiger partial charge in [0.2, 0.25) is 0 Å². The zero-order valence-corrected chi connectivity index (χ0v) is 7.71. The smallest absolute Gasteiger partial charge is 0.123 e. The van der Waals surface area contributed by atoms with Gasteiger partial charge in [-0.1, -0.05) is 12.1 Å². The molecular weight excluding hydrogens is 177 g/mol. The highest BCUT2D eigenvalue weighted by atomic mass is 19.1. The summed E-state index contributed by atoms with van der Waals surface area (Å²) in [7, 11) is 0. The summed E-state index contributed by atoms with van der Waals surface area (Å²) in [6.07, 6.45) is 0. The van der Waals surface area contributed by atoms with Crippen LogP contribution in [0.15, 0.2) is 30.3 Å². The molecule has 2 heteroatoms. The molecule has 2 rings (SSSR count). The Morgan fingerprint density at radius 1 is 1.14 bits per heavy atom. The second-order valence-electron chi connectivity index (χ2n) is 3.27. The highest BCUT2D eigenvalue weighted by Crippen LogP contribution is 2.20. The molecule has 0 spiro atoms. The lowest BCUT2D eigenvalue weighted by Gasteiger charge is -2.01. The molecular formula is C12H8FN. The lowest BCUT2D eigenvalue weighted by atomic mass is 10.0. The highest BCUT2D eigenvalue weighted by Gasteiger charge is 2.01. The molecule has 0 aliphatic rings. The Kier molecular flexibility index (Phi) is 1.94. The Balaban J connectivity index is 2.82. The van der Waals surface area contributed by atoms with Crippen molar-refractivity contribution in [2.24, 2.45) is 0 Å². The van der Waals surface area contributed by atoms with Crippen LogP contribution >= 0.6 is 0 Å². The molecule has 0 aliphatic carbocycles. The average molecular weight is 185 g/mol. The predicted octanol–water partition coefficient (Wildman–Crippen LogP) is 3.16. The van der Waals surface area contributed by atoms with E-state index in [1.54, 1.807) is 12.1 Å². The van der Waals surface area contributed by atoms with Gasteiger partial charge in [0.05, 0.1) is 11.6 Å². The Hall–Kier alpha value is -1.88. The SMILES string of the molecule is Cc1cc2ccc(F)cc2cc1C#N. The monoisotopic (exact) mass is 185 g/mol. The molecule has 0 amide bonds. The van der Waals surface area contributed by atoms with Crippen molar-refractivity contribution in [1.29, 1.82) is 5.26 Å². The van der Waals surface area contributed by atoms with Crippen LogP contribution in [-0.4, -0.2) is 0 Å². The van der Waals surface area contributed by atoms with E-state index in [-0.39, 0.29) is 5.82 Å². The van der Waals surface area contributed by atoms with Crippen molar-refractivity contribution < 1.29 is 4.39 Å². The number of nitrogens with zero attached hydrogens (tertiary/aromatic N) is 1. The normalized spacial score (nSPS) is 10.1. The fraction of sp³-hybridized carbons (Fsp3) is 0.0833. The molecule has 0 aliphatic heterocycles. The van der Waals surface area contributed by atoms with Gasteiger partial charge in [-0.3, -0.25) is 0 Å². The van der Waals surface area contributed by atoms with Gasteiger partial charge >= 0.3 is 0 Å². The summed E-state index contributed by atoms with van der Waals surface area (Å²) in [5, 5.41) is 10.5. The molecule has 1 nitrogen and oxygen atoms in total. The van der Waals surface area contributed by atoms with E-state index in [0.29, 0.717) is 5.56 Å². The summed E-state index contributed by atoms with van der Waals surface area (Å²) in [5.41, 5.74) is 1.52. The third-order valence-corrected chi connectivity index (χ3v) is 2.27. The lowest BCUT2D eigenvalue weighted by Crippen LogP contribution is -1.84. The summed E-state index contributed by atoms with van der Waals surface area (Å²) < 4.78 is 12.9. The van der Waals surface area contributed by atoms with E-state index in [2.05, 4.69) is 6.07 Å². The molecule has 0 unspecified atom stereocenters. The lowest BCUT2D eigenvalue weighted by molar-refractivity contribution is 0.630. The van der Waals surface area contributed by atoms with Crippen molar-refractivity contribution in [2.45, 2.75) is 6.92 Å². The van der Waals surface area contributed by atoms with Crippen molar-refractivity contribution in [1.82, 2.24) is 0 Å². The van der Waals surface area contributed by atoms with E-state index in [0.717, 1.165) is 16.3 Å². The molecule has 0 aromatic heterocycles. The molecule has 0 radical (unpaired) electrons. The number of halogens is 1. The van der Waals surface area contributed by atoms with Gasteiger partial charge in [-0.05, 0) is 41.5 Å². The fourth-order valence-corrected chi connectivity index (χ4v) is 1.50. The Labute approximate surface area is 81.4 Å². The van der Waals surface area contributed by atoms with Crippen LogP contribution in [0.1, 0.15) is 11.1 Å². The third-order valence-electron chi connectivity index (χ3n) is 2.27. The van der Waals surface area contributed by atoms with Gasteiger partial charge in [0.1, 0.15) is 5.82 Å². The number of hydrogen-bond donors (Lipinski definition) is 0. The van der Waals surface area contributed by atoms with E-state index < -0.39 is 0 Å². The summed E-state index contributed by atoms with van der Waals surface area (Å²) >= 11 is 0. The first-order valence-corrected chi connectivity index (χ1v) is 4.31. The minimum Gasteiger partial charge on any atom is -0.207 e. The predicted molar refractivity (Wildman–Crippen MR) is 53.4 cm³/mol. The zero-order valence-electron chi connectivity index (χ0n) is 7.71. The Bertz CT molecular complexity index is 538. The maximum atomic E-state index is 12.9. The minimum atomic E-state index is -0.273. The van der Waals surface area contributed by atoms with Crippen molar-refractivity contribution in [2.75, 3.05) is 0 Å². The number of fused-ring (bicyclic) bond motifs is 1. The average Bonchev–Trinajstić information content (AvgIpc) is 2.17. The van der Waals surface area contributed by atoms with E-state index in [9.17, 15) is 4.39 Å². The van der Waals surface area contributed by atoms with Crippen LogP contribution < -0.4 is 0 Å². The molecule has 2 aromatic rings.